The van der Waals surface area contributed by atoms with E-state index in [1.54, 1.807) is 18.2 Å². The van der Waals surface area contributed by atoms with Gasteiger partial charge >= 0.3 is 6.55 Å². The van der Waals surface area contributed by atoms with E-state index < -0.39 is 6.55 Å². The molecule has 2 heterocycles. The minimum atomic E-state index is -2.57. The van der Waals surface area contributed by atoms with Crippen LogP contribution in [0.5, 0.6) is 0 Å². The maximum absolute atomic E-state index is 13.6. The van der Waals surface area contributed by atoms with Gasteiger partial charge in [0.25, 0.3) is 0 Å². The summed E-state index contributed by atoms with van der Waals surface area (Å²) in [6, 6.07) is 7.45. The summed E-state index contributed by atoms with van der Waals surface area (Å²) in [5.74, 6) is 0.451. The SMILES string of the molecule is FC(F)n1c(CN2CCOC3CCCCC32)nc2ccccc21. The van der Waals surface area contributed by atoms with Crippen molar-refractivity contribution in [2.45, 2.75) is 50.9 Å². The maximum atomic E-state index is 13.6. The third-order valence-corrected chi connectivity index (χ3v) is 5.06. The molecule has 2 unspecified atom stereocenters. The Labute approximate surface area is 134 Å². The van der Waals surface area contributed by atoms with Crippen LogP contribution in [0.3, 0.4) is 0 Å². The number of nitrogens with zero attached hydrogens (tertiary/aromatic N) is 3. The van der Waals surface area contributed by atoms with Gasteiger partial charge in [-0.05, 0) is 25.0 Å². The van der Waals surface area contributed by atoms with Crippen molar-refractivity contribution >= 4 is 11.0 Å². The lowest BCUT2D eigenvalue weighted by Gasteiger charge is -2.43. The summed E-state index contributed by atoms with van der Waals surface area (Å²) < 4.78 is 34.1. The number of ether oxygens (including phenoxy) is 1. The molecule has 6 heteroatoms. The molecule has 1 aromatic carbocycles. The van der Waals surface area contributed by atoms with Crippen molar-refractivity contribution in [3.63, 3.8) is 0 Å². The first-order valence-corrected chi connectivity index (χ1v) is 8.33. The Hall–Kier alpha value is -1.53. The van der Waals surface area contributed by atoms with Gasteiger partial charge in [-0.25, -0.2) is 4.98 Å². The number of alkyl halides is 2. The Morgan fingerprint density at radius 3 is 2.91 bits per heavy atom. The number of imidazole rings is 1. The van der Waals surface area contributed by atoms with E-state index in [2.05, 4.69) is 9.88 Å². The van der Waals surface area contributed by atoms with Crippen molar-refractivity contribution in [1.82, 2.24) is 14.5 Å². The predicted octanol–water partition coefficient (Wildman–Crippen LogP) is 3.57. The molecule has 1 aliphatic carbocycles. The second kappa shape index (κ2) is 6.17. The molecular formula is C17H21F2N3O. The van der Waals surface area contributed by atoms with Crippen LogP contribution in [0.2, 0.25) is 0 Å². The number of para-hydroxylation sites is 2. The molecule has 1 aromatic heterocycles. The van der Waals surface area contributed by atoms with E-state index >= 15 is 0 Å². The van der Waals surface area contributed by atoms with Gasteiger partial charge in [-0.15, -0.1) is 0 Å². The number of halogens is 2. The first-order valence-electron chi connectivity index (χ1n) is 8.33. The minimum Gasteiger partial charge on any atom is -0.375 e. The van der Waals surface area contributed by atoms with Crippen molar-refractivity contribution < 1.29 is 13.5 Å². The molecule has 0 bridgehead atoms. The Morgan fingerprint density at radius 1 is 1.22 bits per heavy atom. The van der Waals surface area contributed by atoms with Gasteiger partial charge in [0.15, 0.2) is 0 Å². The molecule has 0 N–H and O–H groups in total. The lowest BCUT2D eigenvalue weighted by molar-refractivity contribution is -0.0926. The smallest absolute Gasteiger partial charge is 0.320 e. The van der Waals surface area contributed by atoms with Gasteiger partial charge in [-0.3, -0.25) is 9.47 Å². The highest BCUT2D eigenvalue weighted by molar-refractivity contribution is 5.75. The first-order chi connectivity index (χ1) is 11.2. The lowest BCUT2D eigenvalue weighted by Crippen LogP contribution is -2.52. The summed E-state index contributed by atoms with van der Waals surface area (Å²) in [6.07, 6.45) is 4.80. The molecule has 0 amide bonds. The number of aromatic nitrogens is 2. The number of benzene rings is 1. The number of hydrogen-bond donors (Lipinski definition) is 0. The maximum Gasteiger partial charge on any atom is 0.320 e. The molecule has 0 spiro atoms. The molecule has 2 aliphatic rings. The van der Waals surface area contributed by atoms with Crippen LogP contribution in [-0.2, 0) is 11.3 Å². The van der Waals surface area contributed by atoms with Gasteiger partial charge in [0.05, 0.1) is 30.3 Å². The highest BCUT2D eigenvalue weighted by Gasteiger charge is 2.35. The topological polar surface area (TPSA) is 30.3 Å². The zero-order chi connectivity index (χ0) is 15.8. The van der Waals surface area contributed by atoms with Crippen molar-refractivity contribution in [3.8, 4) is 0 Å². The molecule has 4 nitrogen and oxygen atoms in total. The summed E-state index contributed by atoms with van der Waals surface area (Å²) in [7, 11) is 0. The van der Waals surface area contributed by atoms with Gasteiger partial charge in [0.2, 0.25) is 0 Å². The number of morpholine rings is 1. The number of fused-ring (bicyclic) bond motifs is 2. The number of rotatable bonds is 3. The second-order valence-electron chi connectivity index (χ2n) is 6.40. The van der Waals surface area contributed by atoms with Crippen LogP contribution in [-0.4, -0.2) is 39.7 Å². The average molecular weight is 321 g/mol. The molecule has 124 valence electrons. The van der Waals surface area contributed by atoms with Gasteiger partial charge < -0.3 is 4.74 Å². The van der Waals surface area contributed by atoms with Crippen molar-refractivity contribution in [1.29, 1.82) is 0 Å². The van der Waals surface area contributed by atoms with Crippen LogP contribution in [0.15, 0.2) is 24.3 Å². The van der Waals surface area contributed by atoms with E-state index in [-0.39, 0.29) is 6.10 Å². The van der Waals surface area contributed by atoms with Crippen molar-refractivity contribution in [2.24, 2.45) is 0 Å². The highest BCUT2D eigenvalue weighted by atomic mass is 19.3. The van der Waals surface area contributed by atoms with Gasteiger partial charge in [0.1, 0.15) is 5.82 Å². The Balaban J connectivity index is 1.65. The molecule has 4 rings (SSSR count). The standard InChI is InChI=1S/C17H21F2N3O/c18-17(19)22-13-6-2-1-5-12(13)20-16(22)11-21-9-10-23-15-8-4-3-7-14(15)21/h1-2,5-6,14-15,17H,3-4,7-11H2. The lowest BCUT2D eigenvalue weighted by atomic mass is 9.90. The molecule has 0 radical (unpaired) electrons. The zero-order valence-corrected chi connectivity index (χ0v) is 13.0. The molecule has 1 saturated heterocycles. The Morgan fingerprint density at radius 2 is 2.04 bits per heavy atom. The molecular weight excluding hydrogens is 300 g/mol. The van der Waals surface area contributed by atoms with E-state index in [4.69, 9.17) is 4.74 Å². The van der Waals surface area contributed by atoms with Crippen molar-refractivity contribution in [2.75, 3.05) is 13.2 Å². The van der Waals surface area contributed by atoms with E-state index in [1.807, 2.05) is 6.07 Å². The van der Waals surface area contributed by atoms with Crippen LogP contribution in [0.1, 0.15) is 38.1 Å². The second-order valence-corrected chi connectivity index (χ2v) is 6.40. The van der Waals surface area contributed by atoms with E-state index in [0.717, 1.165) is 24.0 Å². The molecule has 2 aromatic rings. The third kappa shape index (κ3) is 2.74. The van der Waals surface area contributed by atoms with E-state index in [9.17, 15) is 8.78 Å². The summed E-state index contributed by atoms with van der Waals surface area (Å²) >= 11 is 0. The van der Waals surface area contributed by atoms with Crippen LogP contribution >= 0.6 is 0 Å². The largest absolute Gasteiger partial charge is 0.375 e. The highest BCUT2D eigenvalue weighted by Crippen LogP contribution is 2.31. The zero-order valence-electron chi connectivity index (χ0n) is 13.0. The fourth-order valence-corrected chi connectivity index (χ4v) is 3.98. The van der Waals surface area contributed by atoms with Gasteiger partial charge in [0, 0.05) is 12.6 Å². The molecule has 1 saturated carbocycles. The summed E-state index contributed by atoms with van der Waals surface area (Å²) in [4.78, 5) is 6.75. The molecule has 2 atom stereocenters. The Kier molecular flexibility index (Phi) is 4.03. The normalized spacial score (nSPS) is 25.9. The summed E-state index contributed by atoms with van der Waals surface area (Å²) in [6.45, 7) is -0.645. The third-order valence-electron chi connectivity index (χ3n) is 5.06. The summed E-state index contributed by atoms with van der Waals surface area (Å²) in [5.41, 5.74) is 1.14. The van der Waals surface area contributed by atoms with Crippen LogP contribution in [0, 0.1) is 0 Å². The molecule has 23 heavy (non-hydrogen) atoms. The van der Waals surface area contributed by atoms with E-state index in [1.165, 1.54) is 12.8 Å². The van der Waals surface area contributed by atoms with Crippen LogP contribution in [0.4, 0.5) is 8.78 Å². The fourth-order valence-electron chi connectivity index (χ4n) is 3.98. The van der Waals surface area contributed by atoms with Crippen LogP contribution < -0.4 is 0 Å². The van der Waals surface area contributed by atoms with Gasteiger partial charge in [-0.1, -0.05) is 25.0 Å². The van der Waals surface area contributed by atoms with Gasteiger partial charge in [-0.2, -0.15) is 8.78 Å². The molecule has 1 aliphatic heterocycles. The fraction of sp³-hybridized carbons (Fsp3) is 0.588. The monoisotopic (exact) mass is 321 g/mol. The first kappa shape index (κ1) is 15.0. The van der Waals surface area contributed by atoms with Crippen molar-refractivity contribution in [3.05, 3.63) is 30.1 Å². The molecule has 2 fully saturated rings. The van der Waals surface area contributed by atoms with E-state index in [0.29, 0.717) is 36.1 Å². The quantitative estimate of drug-likeness (QED) is 0.866. The Bertz CT molecular complexity index is 686. The summed E-state index contributed by atoms with van der Waals surface area (Å²) in [5, 5.41) is 0. The average Bonchev–Trinajstić information content (AvgIpc) is 2.93. The minimum absolute atomic E-state index is 0.252. The predicted molar refractivity (Wildman–Crippen MR) is 83.4 cm³/mol. The number of hydrogen-bond acceptors (Lipinski definition) is 3. The van der Waals surface area contributed by atoms with Crippen LogP contribution in [0.25, 0.3) is 11.0 Å².